The van der Waals surface area contributed by atoms with Crippen LogP contribution in [0.3, 0.4) is 0 Å². The highest BCUT2D eigenvalue weighted by atomic mass is 32.2. The van der Waals surface area contributed by atoms with Gasteiger partial charge in [0.05, 0.1) is 27.9 Å². The first-order valence-electron chi connectivity index (χ1n) is 14.3. The van der Waals surface area contributed by atoms with Crippen LogP contribution in [0.5, 0.6) is 0 Å². The van der Waals surface area contributed by atoms with Crippen LogP contribution in [0.1, 0.15) is 49.4 Å². The molecule has 4 aromatic rings. The van der Waals surface area contributed by atoms with Crippen molar-refractivity contribution >= 4 is 43.9 Å². The van der Waals surface area contributed by atoms with Crippen molar-refractivity contribution in [2.24, 2.45) is 0 Å². The number of fused-ring (bicyclic) bond motifs is 1. The molecule has 0 radical (unpaired) electrons. The Morgan fingerprint density at radius 2 is 1.63 bits per heavy atom. The van der Waals surface area contributed by atoms with Crippen LogP contribution < -0.4 is 15.1 Å². The third-order valence-corrected chi connectivity index (χ3v) is 7.97. The van der Waals surface area contributed by atoms with Crippen LogP contribution in [-0.2, 0) is 26.2 Å². The zero-order valence-electron chi connectivity index (χ0n) is 24.8. The fourth-order valence-corrected chi connectivity index (χ4v) is 5.46. The largest absolute Gasteiger partial charge is 0.748 e. The molecule has 43 heavy (non-hydrogen) atoms. The third kappa shape index (κ3) is 7.77. The minimum Gasteiger partial charge on any atom is -0.748 e. The number of carbonyl (C=O) groups excluding carboxylic acids is 1. The molecule has 0 bridgehead atoms. The Kier molecular flexibility index (Phi) is 10.2. The summed E-state index contributed by atoms with van der Waals surface area (Å²) in [5, 5.41) is 0.706. The molecule has 0 unspecified atom stereocenters. The van der Waals surface area contributed by atoms with Crippen LogP contribution >= 0.6 is 0 Å². The van der Waals surface area contributed by atoms with Crippen LogP contribution in [-0.4, -0.2) is 44.4 Å². The summed E-state index contributed by atoms with van der Waals surface area (Å²) in [4.78, 5) is 29.4. The molecule has 0 saturated carbocycles. The van der Waals surface area contributed by atoms with Gasteiger partial charge in [0.15, 0.2) is 12.4 Å². The zero-order chi connectivity index (χ0) is 31.1. The van der Waals surface area contributed by atoms with Crippen molar-refractivity contribution in [3.05, 3.63) is 106 Å². The van der Waals surface area contributed by atoms with Gasteiger partial charge < -0.3 is 18.6 Å². The lowest BCUT2D eigenvalue weighted by Gasteiger charge is -2.21. The van der Waals surface area contributed by atoms with E-state index in [-0.39, 0.29) is 24.2 Å². The van der Waals surface area contributed by atoms with Gasteiger partial charge in [-0.25, -0.2) is 22.6 Å². The number of hydrogen-bond acceptors (Lipinski definition) is 8. The molecular weight excluding hydrogens is 568 g/mol. The number of esters is 1. The highest BCUT2D eigenvalue weighted by molar-refractivity contribution is 7.85. The van der Waals surface area contributed by atoms with Crippen molar-refractivity contribution < 1.29 is 31.5 Å². The molecule has 0 atom stereocenters. The number of aromatic nitrogens is 1. The van der Waals surface area contributed by atoms with Gasteiger partial charge in [0, 0.05) is 65.7 Å². The summed E-state index contributed by atoms with van der Waals surface area (Å²) in [6.45, 7) is 9.82. The molecule has 2 heterocycles. The summed E-state index contributed by atoms with van der Waals surface area (Å²) in [7, 11) is -4.31. The second-order valence-corrected chi connectivity index (χ2v) is 11.6. The molecular formula is C33H36N2O7S. The molecule has 2 aromatic heterocycles. The minimum atomic E-state index is -4.31. The Balaban J connectivity index is 1.92. The summed E-state index contributed by atoms with van der Waals surface area (Å²) in [6.07, 6.45) is 3.53. The van der Waals surface area contributed by atoms with Gasteiger partial charge in [-0.2, -0.15) is 0 Å². The average Bonchev–Trinajstić information content (AvgIpc) is 2.97. The van der Waals surface area contributed by atoms with Crippen LogP contribution in [0.2, 0.25) is 0 Å². The summed E-state index contributed by atoms with van der Waals surface area (Å²) in [5.41, 5.74) is 3.72. The molecule has 0 fully saturated rings. The van der Waals surface area contributed by atoms with E-state index < -0.39 is 27.5 Å². The monoisotopic (exact) mass is 604 g/mol. The predicted octanol–water partition coefficient (Wildman–Crippen LogP) is 4.69. The lowest BCUT2D eigenvalue weighted by atomic mass is 9.89. The van der Waals surface area contributed by atoms with Gasteiger partial charge >= 0.3 is 11.6 Å². The summed E-state index contributed by atoms with van der Waals surface area (Å²) >= 11 is 0. The number of nitrogens with zero attached hydrogens (tertiary/aromatic N) is 2. The maximum Gasteiger partial charge on any atom is 0.344 e. The van der Waals surface area contributed by atoms with E-state index in [1.165, 1.54) is 0 Å². The lowest BCUT2D eigenvalue weighted by Crippen LogP contribution is -2.33. The first-order valence-corrected chi connectivity index (χ1v) is 15.9. The van der Waals surface area contributed by atoms with E-state index in [1.807, 2.05) is 49.4 Å². The number of aryl methyl sites for hydroxylation is 2. The van der Waals surface area contributed by atoms with Crippen LogP contribution in [0, 0.1) is 6.92 Å². The highest BCUT2D eigenvalue weighted by Gasteiger charge is 2.25. The SMILES string of the molecule is CCOC(=O)/C(=C(/c1ccc(C)cc1)c1cc2ccc(N(CC)CC)cc2oc1=O)c1cc[n+](CCCS(=O)(=O)[O-])cc1. The molecule has 226 valence electrons. The molecule has 0 saturated heterocycles. The molecule has 2 aromatic carbocycles. The van der Waals surface area contributed by atoms with E-state index in [0.717, 1.165) is 24.3 Å². The molecule has 10 heteroatoms. The van der Waals surface area contributed by atoms with Gasteiger partial charge in [0.25, 0.3) is 0 Å². The maximum atomic E-state index is 13.7. The number of ether oxygens (including phenoxy) is 1. The Bertz CT molecular complexity index is 1790. The predicted molar refractivity (Wildman–Crippen MR) is 166 cm³/mol. The summed E-state index contributed by atoms with van der Waals surface area (Å²) < 4.78 is 46.1. The van der Waals surface area contributed by atoms with Crippen molar-refractivity contribution in [3.8, 4) is 0 Å². The fraction of sp³-hybridized carbons (Fsp3) is 0.303. The van der Waals surface area contributed by atoms with Gasteiger partial charge in [-0.1, -0.05) is 29.8 Å². The smallest absolute Gasteiger partial charge is 0.344 e. The number of hydrogen-bond donors (Lipinski definition) is 0. The topological polar surface area (TPSA) is 121 Å². The van der Waals surface area contributed by atoms with Gasteiger partial charge in [-0.05, 0) is 51.5 Å². The van der Waals surface area contributed by atoms with Crippen LogP contribution in [0.25, 0.3) is 22.1 Å². The normalized spacial score (nSPS) is 12.2. The van der Waals surface area contributed by atoms with Gasteiger partial charge in [0.2, 0.25) is 0 Å². The number of carbonyl (C=O) groups is 1. The number of benzene rings is 2. The number of pyridine rings is 1. The first-order chi connectivity index (χ1) is 20.5. The van der Waals surface area contributed by atoms with E-state index in [4.69, 9.17) is 9.15 Å². The van der Waals surface area contributed by atoms with Crippen molar-refractivity contribution in [1.82, 2.24) is 0 Å². The molecule has 0 spiro atoms. The van der Waals surface area contributed by atoms with Crippen LogP contribution in [0.4, 0.5) is 5.69 Å². The van der Waals surface area contributed by atoms with E-state index in [0.29, 0.717) is 34.2 Å². The van der Waals surface area contributed by atoms with Crippen molar-refractivity contribution in [2.75, 3.05) is 30.3 Å². The number of anilines is 1. The lowest BCUT2D eigenvalue weighted by molar-refractivity contribution is -0.696. The molecule has 0 aliphatic carbocycles. The third-order valence-electron chi connectivity index (χ3n) is 7.18. The van der Waals surface area contributed by atoms with Crippen molar-refractivity contribution in [1.29, 1.82) is 0 Å². The van der Waals surface area contributed by atoms with Crippen molar-refractivity contribution in [2.45, 2.75) is 40.7 Å². The summed E-state index contributed by atoms with van der Waals surface area (Å²) in [5.74, 6) is -1.08. The van der Waals surface area contributed by atoms with Crippen LogP contribution in [0.15, 0.2) is 82.3 Å². The Hall–Kier alpha value is -4.28. The van der Waals surface area contributed by atoms with E-state index in [2.05, 4.69) is 18.7 Å². The molecule has 0 aliphatic heterocycles. The molecule has 0 amide bonds. The summed E-state index contributed by atoms with van der Waals surface area (Å²) in [6, 6.07) is 18.4. The molecule has 9 nitrogen and oxygen atoms in total. The maximum absolute atomic E-state index is 13.7. The van der Waals surface area contributed by atoms with E-state index in [9.17, 15) is 22.6 Å². The first kappa shape index (κ1) is 31.7. The Morgan fingerprint density at radius 3 is 2.23 bits per heavy atom. The Labute approximate surface area is 251 Å². The van der Waals surface area contributed by atoms with Gasteiger partial charge in [-0.15, -0.1) is 0 Å². The number of rotatable bonds is 12. The molecule has 0 N–H and O–H groups in total. The molecule has 4 rings (SSSR count). The Morgan fingerprint density at radius 1 is 0.953 bits per heavy atom. The van der Waals surface area contributed by atoms with Crippen molar-refractivity contribution in [3.63, 3.8) is 0 Å². The van der Waals surface area contributed by atoms with E-state index >= 15 is 0 Å². The second kappa shape index (κ2) is 13.8. The average molecular weight is 605 g/mol. The standard InChI is InChI=1S/C33H36N2O7S/c1-5-35(6-2)27-14-13-26-21-28(32(36)42-29(26)22-27)30(24-11-9-23(4)10-12-24)31(33(37)41-7-3)25-15-18-34(19-16-25)17-8-20-43(38,39)40/h9-16,18-19,21-22H,5-8,17,20H2,1-4H3. The zero-order valence-corrected chi connectivity index (χ0v) is 25.6. The highest BCUT2D eigenvalue weighted by Crippen LogP contribution is 2.34. The fourth-order valence-electron chi connectivity index (χ4n) is 4.98. The van der Waals surface area contributed by atoms with E-state index in [1.54, 1.807) is 42.1 Å². The quantitative estimate of drug-likeness (QED) is 0.0751. The van der Waals surface area contributed by atoms with Gasteiger partial charge in [-0.3, -0.25) is 0 Å². The second-order valence-electron chi connectivity index (χ2n) is 10.1. The van der Waals surface area contributed by atoms with Gasteiger partial charge in [0.1, 0.15) is 12.1 Å². The minimum absolute atomic E-state index is 0.125. The molecule has 0 aliphatic rings.